The molecule has 1 heteroatoms. The zero-order chi connectivity index (χ0) is 11.9. The van der Waals surface area contributed by atoms with E-state index < -0.39 is 0 Å². The van der Waals surface area contributed by atoms with Gasteiger partial charge in [-0.25, -0.2) is 0 Å². The molecule has 0 radical (unpaired) electrons. The zero-order valence-corrected chi connectivity index (χ0v) is 11.0. The van der Waals surface area contributed by atoms with Gasteiger partial charge in [0.25, 0.3) is 0 Å². The number of carbonyl (C=O) groups is 1. The monoisotopic (exact) mass is 220 g/mol. The third-order valence-corrected chi connectivity index (χ3v) is 4.58. The molecule has 0 unspecified atom stereocenters. The summed E-state index contributed by atoms with van der Waals surface area (Å²) in [5.74, 6) is 2.44. The van der Waals surface area contributed by atoms with E-state index in [1.807, 2.05) is 6.08 Å². The number of ketones is 1. The highest BCUT2D eigenvalue weighted by Crippen LogP contribution is 2.47. The second-order valence-corrected chi connectivity index (χ2v) is 6.81. The molecule has 0 saturated heterocycles. The first-order valence-corrected chi connectivity index (χ1v) is 6.61. The van der Waals surface area contributed by atoms with Gasteiger partial charge < -0.3 is 0 Å². The van der Waals surface area contributed by atoms with Crippen molar-refractivity contribution in [3.63, 3.8) is 0 Å². The molecule has 0 aliphatic heterocycles. The summed E-state index contributed by atoms with van der Waals surface area (Å²) < 4.78 is 0. The molecule has 0 bridgehead atoms. The number of hydrogen-bond donors (Lipinski definition) is 0. The third kappa shape index (κ3) is 2.23. The molecule has 16 heavy (non-hydrogen) atoms. The van der Waals surface area contributed by atoms with E-state index in [0.29, 0.717) is 23.0 Å². The first kappa shape index (κ1) is 11.9. The van der Waals surface area contributed by atoms with Crippen LogP contribution in [0.25, 0.3) is 0 Å². The molecule has 0 spiro atoms. The van der Waals surface area contributed by atoms with Crippen LogP contribution in [0.2, 0.25) is 0 Å². The average Bonchev–Trinajstić information content (AvgIpc) is 2.15. The molecule has 90 valence electrons. The fraction of sp³-hybridized carbons (Fsp3) is 0.800. The number of carbonyl (C=O) groups excluding carboxylic acids is 1. The van der Waals surface area contributed by atoms with E-state index in [2.05, 4.69) is 27.7 Å². The molecule has 2 rings (SSSR count). The summed E-state index contributed by atoms with van der Waals surface area (Å²) >= 11 is 0. The largest absolute Gasteiger partial charge is 0.295 e. The van der Waals surface area contributed by atoms with Crippen molar-refractivity contribution in [1.82, 2.24) is 0 Å². The molecule has 1 saturated carbocycles. The number of hydrogen-bond acceptors (Lipinski definition) is 1. The third-order valence-electron chi connectivity index (χ3n) is 4.58. The van der Waals surface area contributed by atoms with Gasteiger partial charge in [0, 0.05) is 6.42 Å². The van der Waals surface area contributed by atoms with E-state index >= 15 is 0 Å². The van der Waals surface area contributed by atoms with Gasteiger partial charge >= 0.3 is 0 Å². The SMILES string of the molecule is C[C@@H]1CC(=O)C=C2CC[C@@H](C(C)(C)C)C[C@H]21. The Morgan fingerprint density at radius 3 is 2.62 bits per heavy atom. The summed E-state index contributed by atoms with van der Waals surface area (Å²) in [5, 5.41) is 0. The van der Waals surface area contributed by atoms with E-state index in [4.69, 9.17) is 0 Å². The van der Waals surface area contributed by atoms with Crippen molar-refractivity contribution in [2.75, 3.05) is 0 Å². The van der Waals surface area contributed by atoms with Crippen LogP contribution in [0, 0.1) is 23.2 Å². The zero-order valence-electron chi connectivity index (χ0n) is 11.0. The Kier molecular flexibility index (Phi) is 2.98. The Balaban J connectivity index is 2.16. The second-order valence-electron chi connectivity index (χ2n) is 6.81. The normalized spacial score (nSPS) is 35.6. The Bertz CT molecular complexity index is 319. The minimum Gasteiger partial charge on any atom is -0.295 e. The van der Waals surface area contributed by atoms with Gasteiger partial charge in [0.05, 0.1) is 0 Å². The lowest BCUT2D eigenvalue weighted by Crippen LogP contribution is -2.33. The number of rotatable bonds is 0. The summed E-state index contributed by atoms with van der Waals surface area (Å²) in [6.07, 6.45) is 6.44. The maximum absolute atomic E-state index is 11.5. The lowest BCUT2D eigenvalue weighted by Gasteiger charge is -2.42. The highest BCUT2D eigenvalue weighted by atomic mass is 16.1. The van der Waals surface area contributed by atoms with E-state index in [9.17, 15) is 4.79 Å². The molecule has 2 aliphatic carbocycles. The van der Waals surface area contributed by atoms with Crippen LogP contribution in [0.1, 0.15) is 53.4 Å². The van der Waals surface area contributed by atoms with E-state index in [1.54, 1.807) is 0 Å². The highest BCUT2D eigenvalue weighted by Gasteiger charge is 2.37. The van der Waals surface area contributed by atoms with Crippen molar-refractivity contribution in [2.45, 2.75) is 53.4 Å². The van der Waals surface area contributed by atoms with Gasteiger partial charge in [-0.15, -0.1) is 0 Å². The first-order valence-electron chi connectivity index (χ1n) is 6.61. The molecule has 0 aromatic heterocycles. The average molecular weight is 220 g/mol. The van der Waals surface area contributed by atoms with Crippen molar-refractivity contribution < 1.29 is 4.79 Å². The lowest BCUT2D eigenvalue weighted by molar-refractivity contribution is -0.116. The smallest absolute Gasteiger partial charge is 0.155 e. The van der Waals surface area contributed by atoms with Crippen LogP contribution in [-0.4, -0.2) is 5.78 Å². The summed E-state index contributed by atoms with van der Waals surface area (Å²) in [6, 6.07) is 0. The van der Waals surface area contributed by atoms with Crippen LogP contribution in [-0.2, 0) is 4.79 Å². The molecule has 0 aromatic carbocycles. The molecule has 0 heterocycles. The fourth-order valence-corrected chi connectivity index (χ4v) is 3.39. The summed E-state index contributed by atoms with van der Waals surface area (Å²) in [6.45, 7) is 9.31. The van der Waals surface area contributed by atoms with Gasteiger partial charge in [-0.3, -0.25) is 4.79 Å². The molecule has 0 aromatic rings. The van der Waals surface area contributed by atoms with Crippen molar-refractivity contribution in [3.8, 4) is 0 Å². The molecule has 2 aliphatic rings. The Hall–Kier alpha value is -0.590. The highest BCUT2D eigenvalue weighted by molar-refractivity contribution is 5.91. The summed E-state index contributed by atoms with van der Waals surface area (Å²) in [7, 11) is 0. The van der Waals surface area contributed by atoms with E-state index in [-0.39, 0.29) is 0 Å². The predicted octanol–water partition coefficient (Wildman–Crippen LogP) is 3.98. The first-order chi connectivity index (χ1) is 7.38. The summed E-state index contributed by atoms with van der Waals surface area (Å²) in [4.78, 5) is 11.5. The molecular formula is C15H24O. The lowest BCUT2D eigenvalue weighted by atomic mass is 9.63. The number of fused-ring (bicyclic) bond motifs is 1. The van der Waals surface area contributed by atoms with Gasteiger partial charge in [0.1, 0.15) is 0 Å². The summed E-state index contributed by atoms with van der Waals surface area (Å²) in [5.41, 5.74) is 1.87. The second kappa shape index (κ2) is 4.01. The van der Waals surface area contributed by atoms with Crippen LogP contribution < -0.4 is 0 Å². The van der Waals surface area contributed by atoms with Crippen LogP contribution in [0.5, 0.6) is 0 Å². The maximum Gasteiger partial charge on any atom is 0.155 e. The predicted molar refractivity (Wildman–Crippen MR) is 67.2 cm³/mol. The van der Waals surface area contributed by atoms with Crippen LogP contribution in [0.3, 0.4) is 0 Å². The fourth-order valence-electron chi connectivity index (χ4n) is 3.39. The van der Waals surface area contributed by atoms with E-state index in [1.165, 1.54) is 18.4 Å². The topological polar surface area (TPSA) is 17.1 Å². The minimum absolute atomic E-state index is 0.355. The quantitative estimate of drug-likeness (QED) is 0.603. The Morgan fingerprint density at radius 2 is 2.00 bits per heavy atom. The van der Waals surface area contributed by atoms with Crippen molar-refractivity contribution in [3.05, 3.63) is 11.6 Å². The molecule has 1 nitrogen and oxygen atoms in total. The van der Waals surface area contributed by atoms with Crippen molar-refractivity contribution in [2.24, 2.45) is 23.2 Å². The number of allylic oxidation sites excluding steroid dienone is 2. The standard InChI is InChI=1S/C15H24O/c1-10-7-13(16)8-11-5-6-12(9-14(10)11)15(2,3)4/h8,10,12,14H,5-7,9H2,1-4H3/t10-,12-,14+/m1/s1. The molecular weight excluding hydrogens is 196 g/mol. The van der Waals surface area contributed by atoms with Crippen LogP contribution in [0.15, 0.2) is 11.6 Å². The molecule has 3 atom stereocenters. The van der Waals surface area contributed by atoms with Gasteiger partial charge in [-0.1, -0.05) is 33.3 Å². The molecule has 0 amide bonds. The van der Waals surface area contributed by atoms with Gasteiger partial charge in [0.15, 0.2) is 5.78 Å². The molecule has 1 fully saturated rings. The Labute approximate surface area is 99.3 Å². The van der Waals surface area contributed by atoms with Crippen LogP contribution in [0.4, 0.5) is 0 Å². The van der Waals surface area contributed by atoms with Crippen molar-refractivity contribution in [1.29, 1.82) is 0 Å². The van der Waals surface area contributed by atoms with Crippen LogP contribution >= 0.6 is 0 Å². The van der Waals surface area contributed by atoms with Crippen molar-refractivity contribution >= 4 is 5.78 Å². The molecule has 0 N–H and O–H groups in total. The van der Waals surface area contributed by atoms with Gasteiger partial charge in [-0.2, -0.15) is 0 Å². The van der Waals surface area contributed by atoms with Gasteiger partial charge in [0.2, 0.25) is 0 Å². The van der Waals surface area contributed by atoms with Gasteiger partial charge in [-0.05, 0) is 48.5 Å². The Morgan fingerprint density at radius 1 is 1.31 bits per heavy atom. The van der Waals surface area contributed by atoms with E-state index in [0.717, 1.165) is 18.8 Å². The maximum atomic E-state index is 11.5. The minimum atomic E-state index is 0.355.